The molecule has 0 spiro atoms. The van der Waals surface area contributed by atoms with Crippen molar-refractivity contribution in [1.29, 1.82) is 0 Å². The van der Waals surface area contributed by atoms with Gasteiger partial charge in [-0.05, 0) is 37.0 Å². The summed E-state index contributed by atoms with van der Waals surface area (Å²) < 4.78 is 0. The van der Waals surface area contributed by atoms with Gasteiger partial charge in [-0.1, -0.05) is 42.1 Å². The van der Waals surface area contributed by atoms with E-state index in [0.29, 0.717) is 22.9 Å². The van der Waals surface area contributed by atoms with Crippen molar-refractivity contribution in [2.45, 2.75) is 44.6 Å². The van der Waals surface area contributed by atoms with Gasteiger partial charge in [0.15, 0.2) is 0 Å². The number of halogens is 2. The van der Waals surface area contributed by atoms with Gasteiger partial charge in [-0.15, -0.1) is 0 Å². The average Bonchev–Trinajstić information content (AvgIpc) is 2.47. The van der Waals surface area contributed by atoms with E-state index in [9.17, 15) is 9.90 Å². The lowest BCUT2D eigenvalue weighted by Crippen LogP contribution is -2.43. The van der Waals surface area contributed by atoms with Crippen LogP contribution in [0.4, 0.5) is 0 Å². The van der Waals surface area contributed by atoms with Crippen LogP contribution in [0.1, 0.15) is 37.7 Å². The van der Waals surface area contributed by atoms with E-state index in [2.05, 4.69) is 5.32 Å². The molecule has 1 aromatic carbocycles. The second kappa shape index (κ2) is 8.02. The molecule has 21 heavy (non-hydrogen) atoms. The molecule has 1 fully saturated rings. The molecule has 1 aliphatic rings. The Kier molecular flexibility index (Phi) is 6.34. The molecule has 2 rings (SSSR count). The molecule has 0 aromatic heterocycles. The number of aliphatic hydroxyl groups excluding tert-OH is 1. The fourth-order valence-corrected chi connectivity index (χ4v) is 3.37. The van der Waals surface area contributed by atoms with Crippen LogP contribution in [0.15, 0.2) is 18.2 Å². The van der Waals surface area contributed by atoms with Crippen LogP contribution in [0.2, 0.25) is 10.0 Å². The first-order valence-electron chi connectivity index (χ1n) is 7.44. The standard InChI is InChI=1S/C16H21Cl2NO2/c17-13-7-5-11(14(18)9-13)6-8-16(21)19-15-4-2-1-3-12(15)10-20/h5,7,9,12,15,20H,1-4,6,8,10H2,(H,19,21)/t12-,15-/m0/s1. The molecule has 0 unspecified atom stereocenters. The summed E-state index contributed by atoms with van der Waals surface area (Å²) in [6, 6.07) is 5.44. The predicted molar refractivity (Wildman–Crippen MR) is 85.8 cm³/mol. The molecular weight excluding hydrogens is 309 g/mol. The van der Waals surface area contributed by atoms with Gasteiger partial charge in [0.25, 0.3) is 0 Å². The molecule has 0 aliphatic heterocycles. The maximum absolute atomic E-state index is 12.1. The van der Waals surface area contributed by atoms with Gasteiger partial charge in [0, 0.05) is 35.0 Å². The number of hydrogen-bond donors (Lipinski definition) is 2. The monoisotopic (exact) mass is 329 g/mol. The van der Waals surface area contributed by atoms with E-state index in [1.807, 2.05) is 6.07 Å². The number of benzene rings is 1. The summed E-state index contributed by atoms with van der Waals surface area (Å²) in [6.45, 7) is 0.147. The Morgan fingerprint density at radius 1 is 1.29 bits per heavy atom. The molecule has 2 N–H and O–H groups in total. The van der Waals surface area contributed by atoms with Crippen LogP contribution in [-0.2, 0) is 11.2 Å². The number of hydrogen-bond acceptors (Lipinski definition) is 2. The van der Waals surface area contributed by atoms with E-state index in [1.165, 1.54) is 0 Å². The molecular formula is C16H21Cl2NO2. The highest BCUT2D eigenvalue weighted by Crippen LogP contribution is 2.25. The lowest BCUT2D eigenvalue weighted by atomic mass is 9.85. The number of rotatable bonds is 5. The molecule has 0 heterocycles. The second-order valence-electron chi connectivity index (χ2n) is 5.64. The Bertz CT molecular complexity index is 493. The van der Waals surface area contributed by atoms with E-state index >= 15 is 0 Å². The lowest BCUT2D eigenvalue weighted by Gasteiger charge is -2.30. The third kappa shape index (κ3) is 4.87. The molecule has 0 saturated heterocycles. The Morgan fingerprint density at radius 2 is 2.05 bits per heavy atom. The molecule has 1 amide bonds. The van der Waals surface area contributed by atoms with E-state index in [1.54, 1.807) is 12.1 Å². The molecule has 1 aromatic rings. The molecule has 0 radical (unpaired) electrons. The van der Waals surface area contributed by atoms with Crippen molar-refractivity contribution < 1.29 is 9.90 Å². The topological polar surface area (TPSA) is 49.3 Å². The molecule has 5 heteroatoms. The van der Waals surface area contributed by atoms with E-state index < -0.39 is 0 Å². The highest BCUT2D eigenvalue weighted by atomic mass is 35.5. The number of carbonyl (C=O) groups excluding carboxylic acids is 1. The summed E-state index contributed by atoms with van der Waals surface area (Å²) in [5, 5.41) is 13.6. The predicted octanol–water partition coefficient (Wildman–Crippen LogP) is 3.59. The first-order chi connectivity index (χ1) is 10.1. The van der Waals surface area contributed by atoms with Gasteiger partial charge < -0.3 is 10.4 Å². The molecule has 2 atom stereocenters. The largest absolute Gasteiger partial charge is 0.396 e. The zero-order valence-electron chi connectivity index (χ0n) is 11.9. The number of aliphatic hydroxyl groups is 1. The first-order valence-corrected chi connectivity index (χ1v) is 8.20. The third-order valence-corrected chi connectivity index (χ3v) is 4.71. The highest BCUT2D eigenvalue weighted by Gasteiger charge is 2.25. The van der Waals surface area contributed by atoms with E-state index in [0.717, 1.165) is 31.2 Å². The summed E-state index contributed by atoms with van der Waals surface area (Å²) in [7, 11) is 0. The normalized spacial score (nSPS) is 22.0. The second-order valence-corrected chi connectivity index (χ2v) is 6.48. The van der Waals surface area contributed by atoms with Crippen molar-refractivity contribution in [1.82, 2.24) is 5.32 Å². The van der Waals surface area contributed by atoms with Crippen molar-refractivity contribution in [2.24, 2.45) is 5.92 Å². The quantitative estimate of drug-likeness (QED) is 0.867. The molecule has 3 nitrogen and oxygen atoms in total. The Balaban J connectivity index is 1.84. The van der Waals surface area contributed by atoms with Crippen LogP contribution in [0.25, 0.3) is 0 Å². The van der Waals surface area contributed by atoms with Crippen LogP contribution in [0.3, 0.4) is 0 Å². The van der Waals surface area contributed by atoms with Gasteiger partial charge in [-0.2, -0.15) is 0 Å². The lowest BCUT2D eigenvalue weighted by molar-refractivity contribution is -0.122. The SMILES string of the molecule is O=C(CCc1ccc(Cl)cc1Cl)N[C@H]1CCCC[C@H]1CO. The molecule has 1 aliphatic carbocycles. The number of amides is 1. The summed E-state index contributed by atoms with van der Waals surface area (Å²) in [4.78, 5) is 12.1. The van der Waals surface area contributed by atoms with Crippen molar-refractivity contribution in [3.63, 3.8) is 0 Å². The maximum Gasteiger partial charge on any atom is 0.220 e. The summed E-state index contributed by atoms with van der Waals surface area (Å²) >= 11 is 12.0. The Morgan fingerprint density at radius 3 is 2.76 bits per heavy atom. The Hall–Kier alpha value is -0.770. The van der Waals surface area contributed by atoms with Crippen molar-refractivity contribution in [3.05, 3.63) is 33.8 Å². The summed E-state index contributed by atoms with van der Waals surface area (Å²) in [5.41, 5.74) is 0.929. The number of aryl methyl sites for hydroxylation is 1. The first kappa shape index (κ1) is 16.6. The highest BCUT2D eigenvalue weighted by molar-refractivity contribution is 6.35. The van der Waals surface area contributed by atoms with E-state index in [4.69, 9.17) is 23.2 Å². The molecule has 0 bridgehead atoms. The van der Waals surface area contributed by atoms with Crippen molar-refractivity contribution >= 4 is 29.1 Å². The van der Waals surface area contributed by atoms with Gasteiger partial charge in [0.1, 0.15) is 0 Å². The van der Waals surface area contributed by atoms with Gasteiger partial charge >= 0.3 is 0 Å². The van der Waals surface area contributed by atoms with Crippen LogP contribution in [0, 0.1) is 5.92 Å². The number of nitrogens with one attached hydrogen (secondary N) is 1. The van der Waals surface area contributed by atoms with Crippen LogP contribution < -0.4 is 5.32 Å². The minimum absolute atomic E-state index is 0.0198. The zero-order valence-corrected chi connectivity index (χ0v) is 13.5. The van der Waals surface area contributed by atoms with Gasteiger partial charge in [-0.3, -0.25) is 4.79 Å². The fourth-order valence-electron chi connectivity index (χ4n) is 2.87. The Labute approximate surface area is 135 Å². The van der Waals surface area contributed by atoms with Crippen LogP contribution >= 0.6 is 23.2 Å². The fraction of sp³-hybridized carbons (Fsp3) is 0.562. The smallest absolute Gasteiger partial charge is 0.220 e. The van der Waals surface area contributed by atoms with Crippen molar-refractivity contribution in [2.75, 3.05) is 6.61 Å². The minimum Gasteiger partial charge on any atom is -0.396 e. The van der Waals surface area contributed by atoms with Gasteiger partial charge in [-0.25, -0.2) is 0 Å². The molecule has 116 valence electrons. The van der Waals surface area contributed by atoms with Gasteiger partial charge in [0.05, 0.1) is 0 Å². The third-order valence-electron chi connectivity index (χ3n) is 4.13. The summed E-state index contributed by atoms with van der Waals surface area (Å²) in [5.74, 6) is 0.216. The number of carbonyl (C=O) groups is 1. The van der Waals surface area contributed by atoms with Crippen molar-refractivity contribution in [3.8, 4) is 0 Å². The van der Waals surface area contributed by atoms with Gasteiger partial charge in [0.2, 0.25) is 5.91 Å². The van der Waals surface area contributed by atoms with Crippen LogP contribution in [-0.4, -0.2) is 23.7 Å². The maximum atomic E-state index is 12.1. The minimum atomic E-state index is 0.0198. The average molecular weight is 330 g/mol. The van der Waals surface area contributed by atoms with E-state index in [-0.39, 0.29) is 24.5 Å². The van der Waals surface area contributed by atoms with Crippen LogP contribution in [0.5, 0.6) is 0 Å². The molecule has 1 saturated carbocycles. The zero-order chi connectivity index (χ0) is 15.2. The summed E-state index contributed by atoms with van der Waals surface area (Å²) in [6.07, 6.45) is 5.19.